The average Bonchev–Trinajstić information content (AvgIpc) is 2.00. The predicted molar refractivity (Wildman–Crippen MR) is 52.2 cm³/mol. The van der Waals surface area contributed by atoms with E-state index in [1.54, 1.807) is 0 Å². The van der Waals surface area contributed by atoms with Crippen LogP contribution in [-0.2, 0) is 9.53 Å². The van der Waals surface area contributed by atoms with Gasteiger partial charge in [-0.05, 0) is 12.8 Å². The molecule has 0 fully saturated rings. The van der Waals surface area contributed by atoms with Gasteiger partial charge in [-0.2, -0.15) is 0 Å². The molecule has 0 bridgehead atoms. The second kappa shape index (κ2) is 6.71. The number of carbonyl (C=O) groups excluding carboxylic acids is 1. The summed E-state index contributed by atoms with van der Waals surface area (Å²) < 4.78 is 3.09. The number of aliphatic hydroxyl groups is 1. The maximum atomic E-state index is 10.9. The average molecular weight is 250 g/mol. The Morgan fingerprint density at radius 3 is 2.38 bits per heavy atom. The minimum Gasteiger partial charge on any atom is -0.461 e. The third-order valence-corrected chi connectivity index (χ3v) is 1.51. The van der Waals surface area contributed by atoms with Gasteiger partial charge in [-0.25, -0.2) is 0 Å². The molecule has 0 heterocycles. The van der Waals surface area contributed by atoms with Crippen molar-refractivity contribution in [2.24, 2.45) is 0 Å². The summed E-state index contributed by atoms with van der Waals surface area (Å²) in [7, 11) is 0. The summed E-state index contributed by atoms with van der Waals surface area (Å²) in [5.41, 5.74) is 0. The highest BCUT2D eigenvalue weighted by Crippen LogP contribution is 2.26. The van der Waals surface area contributed by atoms with Gasteiger partial charge in [-0.3, -0.25) is 4.79 Å². The van der Waals surface area contributed by atoms with E-state index < -0.39 is 9.76 Å². The fraction of sp³-hybridized carbons (Fsp3) is 0.857. The Morgan fingerprint density at radius 2 is 1.92 bits per heavy atom. The summed E-state index contributed by atoms with van der Waals surface area (Å²) in [5, 5.41) is 8.42. The third kappa shape index (κ3) is 10.2. The number of halogens is 3. The Bertz CT molecular complexity index is 156. The van der Waals surface area contributed by atoms with Crippen LogP contribution in [-0.4, -0.2) is 28.1 Å². The van der Waals surface area contributed by atoms with E-state index in [1.807, 2.05) is 0 Å². The molecule has 0 aliphatic carbocycles. The molecule has 13 heavy (non-hydrogen) atoms. The zero-order valence-electron chi connectivity index (χ0n) is 6.93. The highest BCUT2D eigenvalue weighted by molar-refractivity contribution is 6.67. The standard InChI is InChI=1S/C7H11Cl3O3/c8-7(9,10)5-13-6(12)3-1-2-4-11/h11H,1-5H2. The summed E-state index contributed by atoms with van der Waals surface area (Å²) in [6, 6.07) is 0. The van der Waals surface area contributed by atoms with Crippen molar-refractivity contribution < 1.29 is 14.6 Å². The number of alkyl halides is 3. The Balaban J connectivity index is 3.41. The topological polar surface area (TPSA) is 46.5 Å². The van der Waals surface area contributed by atoms with Crippen molar-refractivity contribution in [2.45, 2.75) is 23.1 Å². The van der Waals surface area contributed by atoms with E-state index in [4.69, 9.17) is 39.9 Å². The van der Waals surface area contributed by atoms with E-state index in [1.165, 1.54) is 0 Å². The Kier molecular flexibility index (Phi) is 6.86. The molecule has 0 amide bonds. The number of unbranched alkanes of at least 4 members (excludes halogenated alkanes) is 1. The molecular formula is C7H11Cl3O3. The highest BCUT2D eigenvalue weighted by atomic mass is 35.6. The first-order valence-corrected chi connectivity index (χ1v) is 4.92. The molecule has 78 valence electrons. The van der Waals surface area contributed by atoms with Gasteiger partial charge in [0, 0.05) is 13.0 Å². The summed E-state index contributed by atoms with van der Waals surface area (Å²) in [5.74, 6) is -0.417. The van der Waals surface area contributed by atoms with Crippen LogP contribution in [0.5, 0.6) is 0 Å². The molecule has 0 aromatic carbocycles. The lowest BCUT2D eigenvalue weighted by Gasteiger charge is -2.10. The van der Waals surface area contributed by atoms with Gasteiger partial charge in [-0.15, -0.1) is 0 Å². The zero-order chi connectivity index (χ0) is 10.3. The minimum atomic E-state index is -1.55. The van der Waals surface area contributed by atoms with Gasteiger partial charge in [0.1, 0.15) is 6.61 Å². The molecule has 0 atom stereocenters. The quantitative estimate of drug-likeness (QED) is 0.461. The lowest BCUT2D eigenvalue weighted by molar-refractivity contribution is -0.143. The summed E-state index contributed by atoms with van der Waals surface area (Å²) in [6.45, 7) is -0.173. The first kappa shape index (κ1) is 13.3. The molecule has 0 aliphatic rings. The first-order chi connectivity index (χ1) is 5.95. The van der Waals surface area contributed by atoms with E-state index >= 15 is 0 Å². The van der Waals surface area contributed by atoms with E-state index in [9.17, 15) is 4.79 Å². The Hall–Kier alpha value is 0.300. The van der Waals surface area contributed by atoms with Crippen LogP contribution in [0.25, 0.3) is 0 Å². The molecular weight excluding hydrogens is 238 g/mol. The number of hydrogen-bond donors (Lipinski definition) is 1. The smallest absolute Gasteiger partial charge is 0.305 e. The first-order valence-electron chi connectivity index (χ1n) is 3.79. The minimum absolute atomic E-state index is 0.0672. The molecule has 0 saturated heterocycles. The van der Waals surface area contributed by atoms with E-state index in [0.29, 0.717) is 12.8 Å². The van der Waals surface area contributed by atoms with Gasteiger partial charge in [0.25, 0.3) is 0 Å². The van der Waals surface area contributed by atoms with Crippen LogP contribution in [0.15, 0.2) is 0 Å². The van der Waals surface area contributed by atoms with Crippen molar-refractivity contribution in [1.82, 2.24) is 0 Å². The second-order valence-electron chi connectivity index (χ2n) is 2.46. The van der Waals surface area contributed by atoms with Crippen LogP contribution >= 0.6 is 34.8 Å². The normalized spacial score (nSPS) is 11.4. The fourth-order valence-electron chi connectivity index (χ4n) is 0.616. The van der Waals surface area contributed by atoms with Crippen LogP contribution in [0, 0.1) is 0 Å². The molecule has 0 spiro atoms. The summed E-state index contributed by atoms with van der Waals surface area (Å²) in [4.78, 5) is 10.9. The Labute approximate surface area is 91.9 Å². The SMILES string of the molecule is O=C(CCCCO)OCC(Cl)(Cl)Cl. The van der Waals surface area contributed by atoms with Crippen molar-refractivity contribution in [3.63, 3.8) is 0 Å². The maximum absolute atomic E-state index is 10.9. The van der Waals surface area contributed by atoms with Gasteiger partial charge < -0.3 is 9.84 Å². The highest BCUT2D eigenvalue weighted by Gasteiger charge is 2.21. The number of aliphatic hydroxyl groups excluding tert-OH is 1. The molecule has 0 rings (SSSR count). The summed E-state index contributed by atoms with van der Waals surface area (Å²) >= 11 is 16.1. The number of hydrogen-bond acceptors (Lipinski definition) is 3. The molecule has 6 heteroatoms. The molecule has 0 unspecified atom stereocenters. The van der Waals surface area contributed by atoms with Gasteiger partial charge in [-0.1, -0.05) is 34.8 Å². The van der Waals surface area contributed by atoms with Gasteiger partial charge in [0.2, 0.25) is 3.79 Å². The van der Waals surface area contributed by atoms with Crippen molar-refractivity contribution in [3.8, 4) is 0 Å². The largest absolute Gasteiger partial charge is 0.461 e. The zero-order valence-corrected chi connectivity index (χ0v) is 9.20. The van der Waals surface area contributed by atoms with E-state index in [2.05, 4.69) is 4.74 Å². The molecule has 0 aromatic rings. The predicted octanol–water partition coefficient (Wildman–Crippen LogP) is 2.06. The van der Waals surface area contributed by atoms with Crippen LogP contribution in [0.3, 0.4) is 0 Å². The number of carbonyl (C=O) groups is 1. The monoisotopic (exact) mass is 248 g/mol. The second-order valence-corrected chi connectivity index (χ2v) is 4.97. The lowest BCUT2D eigenvalue weighted by Crippen LogP contribution is -2.17. The van der Waals surface area contributed by atoms with Crippen LogP contribution in [0.4, 0.5) is 0 Å². The van der Waals surface area contributed by atoms with E-state index in [-0.39, 0.29) is 19.6 Å². The molecule has 3 nitrogen and oxygen atoms in total. The Morgan fingerprint density at radius 1 is 1.31 bits per heavy atom. The molecule has 0 radical (unpaired) electrons. The summed E-state index contributed by atoms with van der Waals surface area (Å²) in [6.07, 6.45) is 1.39. The fourth-order valence-corrected chi connectivity index (χ4v) is 0.779. The molecule has 0 aliphatic heterocycles. The van der Waals surface area contributed by atoms with Crippen molar-refractivity contribution in [1.29, 1.82) is 0 Å². The van der Waals surface area contributed by atoms with Crippen LogP contribution < -0.4 is 0 Å². The van der Waals surface area contributed by atoms with E-state index in [0.717, 1.165) is 0 Å². The van der Waals surface area contributed by atoms with Crippen LogP contribution in [0.2, 0.25) is 0 Å². The van der Waals surface area contributed by atoms with Crippen molar-refractivity contribution >= 4 is 40.8 Å². The third-order valence-electron chi connectivity index (χ3n) is 1.19. The molecule has 0 saturated carbocycles. The maximum Gasteiger partial charge on any atom is 0.305 e. The van der Waals surface area contributed by atoms with Gasteiger partial charge in [0.15, 0.2) is 0 Å². The molecule has 1 N–H and O–H groups in total. The number of ether oxygens (including phenoxy) is 1. The lowest BCUT2D eigenvalue weighted by atomic mass is 10.2. The van der Waals surface area contributed by atoms with Crippen LogP contribution in [0.1, 0.15) is 19.3 Å². The van der Waals surface area contributed by atoms with Gasteiger partial charge in [0.05, 0.1) is 0 Å². The number of rotatable bonds is 5. The van der Waals surface area contributed by atoms with Crippen molar-refractivity contribution in [2.75, 3.05) is 13.2 Å². The van der Waals surface area contributed by atoms with Gasteiger partial charge >= 0.3 is 5.97 Å². The molecule has 0 aromatic heterocycles. The van der Waals surface area contributed by atoms with Crippen molar-refractivity contribution in [3.05, 3.63) is 0 Å². The number of esters is 1.